The molecular weight excluding hydrogens is 224 g/mol. The molecule has 0 atom stereocenters. The number of carboxylic acid groups (broad SMARTS) is 1. The minimum absolute atomic E-state index is 0.0611. The van der Waals surface area contributed by atoms with Crippen LogP contribution in [0.15, 0.2) is 18.5 Å². The van der Waals surface area contributed by atoms with E-state index in [9.17, 15) is 4.79 Å². The molecule has 1 aromatic rings. The van der Waals surface area contributed by atoms with Gasteiger partial charge in [0.1, 0.15) is 0 Å². The number of aromatic nitrogens is 1. The molecule has 0 aliphatic heterocycles. The predicted octanol–water partition coefficient (Wildman–Crippen LogP) is 2.33. The number of nitrogens with one attached hydrogen (secondary N) is 1. The molecule has 0 aliphatic rings. The first kappa shape index (κ1) is 12.8. The Balaban J connectivity index is 2.78. The fraction of sp³-hybridized carbons (Fsp3) is 0.455. The standard InChI is InChI=1S/C11H16N2O2S/c1-11(2,16-3)7-13-9-6-12-5-4-8(9)10(14)15/h4-6,13H,7H2,1-3H3,(H,14,15). The zero-order chi connectivity index (χ0) is 12.2. The van der Waals surface area contributed by atoms with Gasteiger partial charge in [-0.3, -0.25) is 4.98 Å². The topological polar surface area (TPSA) is 62.2 Å². The Bertz CT molecular complexity index is 380. The van der Waals surface area contributed by atoms with Crippen LogP contribution in [0.3, 0.4) is 0 Å². The van der Waals surface area contributed by atoms with Crippen molar-refractivity contribution < 1.29 is 9.90 Å². The number of carbonyl (C=O) groups is 1. The highest BCUT2D eigenvalue weighted by molar-refractivity contribution is 7.99. The van der Waals surface area contributed by atoms with E-state index in [2.05, 4.69) is 24.1 Å². The first-order valence-electron chi connectivity index (χ1n) is 4.92. The average Bonchev–Trinajstić information content (AvgIpc) is 2.27. The van der Waals surface area contributed by atoms with Crippen LogP contribution in [-0.4, -0.2) is 33.6 Å². The lowest BCUT2D eigenvalue weighted by atomic mass is 10.2. The fourth-order valence-corrected chi connectivity index (χ4v) is 1.32. The lowest BCUT2D eigenvalue weighted by Gasteiger charge is -2.23. The van der Waals surface area contributed by atoms with Gasteiger partial charge in [-0.25, -0.2) is 4.79 Å². The first-order chi connectivity index (χ1) is 7.46. The molecule has 0 bridgehead atoms. The van der Waals surface area contributed by atoms with Crippen LogP contribution in [0.5, 0.6) is 0 Å². The number of anilines is 1. The van der Waals surface area contributed by atoms with Crippen molar-refractivity contribution in [3.8, 4) is 0 Å². The molecule has 0 aromatic carbocycles. The zero-order valence-electron chi connectivity index (χ0n) is 9.65. The molecule has 0 aliphatic carbocycles. The number of pyridine rings is 1. The maximum Gasteiger partial charge on any atom is 0.337 e. The molecule has 88 valence electrons. The summed E-state index contributed by atoms with van der Waals surface area (Å²) in [5.74, 6) is -0.938. The van der Waals surface area contributed by atoms with Crippen LogP contribution in [0.1, 0.15) is 24.2 Å². The summed E-state index contributed by atoms with van der Waals surface area (Å²) in [6.45, 7) is 4.89. The monoisotopic (exact) mass is 240 g/mol. The van der Waals surface area contributed by atoms with E-state index < -0.39 is 5.97 Å². The number of carboxylic acids is 1. The van der Waals surface area contributed by atoms with Gasteiger partial charge in [0.2, 0.25) is 0 Å². The van der Waals surface area contributed by atoms with Crippen LogP contribution in [0.25, 0.3) is 0 Å². The van der Waals surface area contributed by atoms with Gasteiger partial charge in [0, 0.05) is 17.5 Å². The van der Waals surface area contributed by atoms with Crippen molar-refractivity contribution in [1.82, 2.24) is 4.98 Å². The van der Waals surface area contributed by atoms with Crippen LogP contribution < -0.4 is 5.32 Å². The van der Waals surface area contributed by atoms with E-state index in [0.29, 0.717) is 12.2 Å². The summed E-state index contributed by atoms with van der Waals surface area (Å²) in [5.41, 5.74) is 0.823. The maximum absolute atomic E-state index is 10.9. The number of hydrogen-bond donors (Lipinski definition) is 2. The van der Waals surface area contributed by atoms with E-state index in [1.165, 1.54) is 12.3 Å². The predicted molar refractivity (Wildman–Crippen MR) is 67.3 cm³/mol. The summed E-state index contributed by atoms with van der Waals surface area (Å²) >= 11 is 1.73. The third kappa shape index (κ3) is 3.41. The molecule has 4 nitrogen and oxygen atoms in total. The summed E-state index contributed by atoms with van der Waals surface area (Å²) in [6.07, 6.45) is 5.05. The lowest BCUT2D eigenvalue weighted by molar-refractivity contribution is 0.0698. The molecule has 0 spiro atoms. The Hall–Kier alpha value is -1.23. The third-order valence-corrected chi connectivity index (χ3v) is 3.56. The van der Waals surface area contributed by atoms with E-state index in [0.717, 1.165) is 0 Å². The fourth-order valence-electron chi connectivity index (χ4n) is 1.10. The van der Waals surface area contributed by atoms with Crippen molar-refractivity contribution in [2.75, 3.05) is 18.1 Å². The Kier molecular flexibility index (Phi) is 4.18. The van der Waals surface area contributed by atoms with E-state index >= 15 is 0 Å². The van der Waals surface area contributed by atoms with Gasteiger partial charge in [-0.05, 0) is 26.2 Å². The van der Waals surface area contributed by atoms with Crippen LogP contribution in [0.4, 0.5) is 5.69 Å². The highest BCUT2D eigenvalue weighted by Crippen LogP contribution is 2.22. The van der Waals surface area contributed by atoms with Gasteiger partial charge in [-0.15, -0.1) is 0 Å². The van der Waals surface area contributed by atoms with Gasteiger partial charge in [0.15, 0.2) is 0 Å². The second kappa shape index (κ2) is 5.21. The Morgan fingerprint density at radius 2 is 2.31 bits per heavy atom. The highest BCUT2D eigenvalue weighted by atomic mass is 32.2. The van der Waals surface area contributed by atoms with E-state index in [1.807, 2.05) is 6.26 Å². The van der Waals surface area contributed by atoms with Crippen molar-refractivity contribution in [2.45, 2.75) is 18.6 Å². The number of hydrogen-bond acceptors (Lipinski definition) is 4. The Morgan fingerprint density at radius 3 is 2.88 bits per heavy atom. The van der Waals surface area contributed by atoms with Crippen LogP contribution in [0.2, 0.25) is 0 Å². The highest BCUT2D eigenvalue weighted by Gasteiger charge is 2.17. The van der Waals surface area contributed by atoms with Crippen LogP contribution in [0, 0.1) is 0 Å². The van der Waals surface area contributed by atoms with Crippen molar-refractivity contribution in [2.24, 2.45) is 0 Å². The molecule has 0 saturated carbocycles. The molecule has 0 unspecified atom stereocenters. The minimum atomic E-state index is -0.938. The van der Waals surface area contributed by atoms with Crippen molar-refractivity contribution in [3.05, 3.63) is 24.0 Å². The van der Waals surface area contributed by atoms with Gasteiger partial charge < -0.3 is 10.4 Å². The minimum Gasteiger partial charge on any atom is -0.478 e. The second-order valence-corrected chi connectivity index (χ2v) is 5.56. The number of thioether (sulfide) groups is 1. The number of nitrogens with zero attached hydrogens (tertiary/aromatic N) is 1. The first-order valence-corrected chi connectivity index (χ1v) is 6.15. The van der Waals surface area contributed by atoms with Gasteiger partial charge in [-0.1, -0.05) is 0 Å². The lowest BCUT2D eigenvalue weighted by Crippen LogP contribution is -2.26. The molecule has 2 N–H and O–H groups in total. The molecule has 0 saturated heterocycles. The molecule has 0 radical (unpaired) electrons. The molecule has 5 heteroatoms. The molecule has 1 heterocycles. The number of rotatable bonds is 5. The summed E-state index contributed by atoms with van der Waals surface area (Å²) in [4.78, 5) is 14.9. The van der Waals surface area contributed by atoms with Gasteiger partial charge >= 0.3 is 5.97 Å². The number of aromatic carboxylic acids is 1. The molecule has 0 fully saturated rings. The van der Waals surface area contributed by atoms with E-state index in [1.54, 1.807) is 18.0 Å². The molecule has 0 amide bonds. The van der Waals surface area contributed by atoms with E-state index in [-0.39, 0.29) is 10.3 Å². The quantitative estimate of drug-likeness (QED) is 0.827. The van der Waals surface area contributed by atoms with Gasteiger partial charge in [-0.2, -0.15) is 11.8 Å². The summed E-state index contributed by atoms with van der Waals surface area (Å²) < 4.78 is 0.0611. The van der Waals surface area contributed by atoms with Crippen LogP contribution in [-0.2, 0) is 0 Å². The smallest absolute Gasteiger partial charge is 0.337 e. The molecule has 1 aromatic heterocycles. The van der Waals surface area contributed by atoms with Crippen molar-refractivity contribution in [3.63, 3.8) is 0 Å². The molecule has 16 heavy (non-hydrogen) atoms. The third-order valence-electron chi connectivity index (χ3n) is 2.31. The normalized spacial score (nSPS) is 11.2. The largest absolute Gasteiger partial charge is 0.478 e. The average molecular weight is 240 g/mol. The summed E-state index contributed by atoms with van der Waals surface area (Å²) in [5, 5.41) is 12.1. The van der Waals surface area contributed by atoms with Gasteiger partial charge in [0.05, 0.1) is 17.4 Å². The molecular formula is C11H16N2O2S. The van der Waals surface area contributed by atoms with Crippen LogP contribution >= 0.6 is 11.8 Å². The summed E-state index contributed by atoms with van der Waals surface area (Å²) in [7, 11) is 0. The van der Waals surface area contributed by atoms with Crippen molar-refractivity contribution >= 4 is 23.4 Å². The Labute approximate surface area is 99.5 Å². The summed E-state index contributed by atoms with van der Waals surface area (Å²) in [6, 6.07) is 1.50. The molecule has 1 rings (SSSR count). The Morgan fingerprint density at radius 1 is 1.62 bits per heavy atom. The second-order valence-electron chi connectivity index (χ2n) is 4.04. The maximum atomic E-state index is 10.9. The van der Waals surface area contributed by atoms with Gasteiger partial charge in [0.25, 0.3) is 0 Å². The SMILES string of the molecule is CSC(C)(C)CNc1cnccc1C(=O)O. The zero-order valence-corrected chi connectivity index (χ0v) is 10.5. The van der Waals surface area contributed by atoms with E-state index in [4.69, 9.17) is 5.11 Å². The van der Waals surface area contributed by atoms with Crippen molar-refractivity contribution in [1.29, 1.82) is 0 Å².